The minimum Gasteiger partial charge on any atom is -0.481 e. The molecule has 1 heterocycles. The van der Waals surface area contributed by atoms with Crippen LogP contribution in [0.5, 0.6) is 0 Å². The van der Waals surface area contributed by atoms with Gasteiger partial charge in [-0.25, -0.2) is 0 Å². The van der Waals surface area contributed by atoms with Crippen molar-refractivity contribution in [2.75, 3.05) is 0 Å². The second kappa shape index (κ2) is 3.82. The monoisotopic (exact) mass is 194 g/mol. The largest absolute Gasteiger partial charge is 0.481 e. The van der Waals surface area contributed by atoms with Crippen LogP contribution in [0.1, 0.15) is 31.7 Å². The lowest BCUT2D eigenvalue weighted by Gasteiger charge is -2.26. The van der Waals surface area contributed by atoms with Gasteiger partial charge in [0.15, 0.2) is 0 Å². The third kappa shape index (κ3) is 1.78. The maximum atomic E-state index is 10.7. The second-order valence-electron chi connectivity index (χ2n) is 3.83. The minimum absolute atomic E-state index is 0.137. The van der Waals surface area contributed by atoms with Crippen molar-refractivity contribution >= 4 is 5.97 Å². The van der Waals surface area contributed by atoms with Crippen molar-refractivity contribution in [2.24, 2.45) is 5.92 Å². The zero-order chi connectivity index (χ0) is 9.97. The van der Waals surface area contributed by atoms with Gasteiger partial charge in [-0.15, -0.1) is 0 Å². The van der Waals surface area contributed by atoms with Gasteiger partial charge >= 0.3 is 5.97 Å². The van der Waals surface area contributed by atoms with Crippen LogP contribution >= 0.6 is 0 Å². The zero-order valence-corrected chi connectivity index (χ0v) is 7.97. The SMILES string of the molecule is O=C(O)[C@H]1CC[C@@H](n2cccn2)CC1. The summed E-state index contributed by atoms with van der Waals surface area (Å²) >= 11 is 0. The summed E-state index contributed by atoms with van der Waals surface area (Å²) in [4.78, 5) is 10.7. The summed E-state index contributed by atoms with van der Waals surface area (Å²) in [5.41, 5.74) is 0. The van der Waals surface area contributed by atoms with E-state index >= 15 is 0 Å². The number of hydrogen-bond acceptors (Lipinski definition) is 2. The maximum Gasteiger partial charge on any atom is 0.306 e. The van der Waals surface area contributed by atoms with E-state index in [1.165, 1.54) is 0 Å². The van der Waals surface area contributed by atoms with Gasteiger partial charge in [0.1, 0.15) is 0 Å². The lowest BCUT2D eigenvalue weighted by Crippen LogP contribution is -2.23. The molecule has 1 N–H and O–H groups in total. The van der Waals surface area contributed by atoms with Crippen molar-refractivity contribution in [3.05, 3.63) is 18.5 Å². The summed E-state index contributed by atoms with van der Waals surface area (Å²) in [6.07, 6.45) is 7.13. The molecular formula is C10H14N2O2. The Bertz CT molecular complexity index is 300. The maximum absolute atomic E-state index is 10.7. The van der Waals surface area contributed by atoms with Gasteiger partial charge in [0.2, 0.25) is 0 Å². The molecule has 1 aliphatic carbocycles. The topological polar surface area (TPSA) is 55.1 Å². The van der Waals surface area contributed by atoms with Crippen LogP contribution in [-0.2, 0) is 4.79 Å². The molecule has 0 radical (unpaired) electrons. The first-order valence-electron chi connectivity index (χ1n) is 4.99. The average Bonchev–Trinajstić information content (AvgIpc) is 2.71. The van der Waals surface area contributed by atoms with E-state index in [9.17, 15) is 4.79 Å². The van der Waals surface area contributed by atoms with Gasteiger partial charge in [-0.3, -0.25) is 9.48 Å². The van der Waals surface area contributed by atoms with Gasteiger partial charge in [0, 0.05) is 12.4 Å². The third-order valence-electron chi connectivity index (χ3n) is 2.94. The number of carbonyl (C=O) groups is 1. The molecule has 1 aliphatic rings. The van der Waals surface area contributed by atoms with Crippen LogP contribution in [0.2, 0.25) is 0 Å². The fraction of sp³-hybridized carbons (Fsp3) is 0.600. The van der Waals surface area contributed by atoms with Crippen molar-refractivity contribution in [1.82, 2.24) is 9.78 Å². The number of carboxylic acid groups (broad SMARTS) is 1. The molecule has 0 aliphatic heterocycles. The molecule has 1 saturated carbocycles. The van der Waals surface area contributed by atoms with Crippen LogP contribution in [0.3, 0.4) is 0 Å². The van der Waals surface area contributed by atoms with E-state index in [2.05, 4.69) is 5.10 Å². The molecule has 4 heteroatoms. The second-order valence-corrected chi connectivity index (χ2v) is 3.83. The summed E-state index contributed by atoms with van der Waals surface area (Å²) in [7, 11) is 0. The van der Waals surface area contributed by atoms with Crippen LogP contribution in [0.15, 0.2) is 18.5 Å². The first-order valence-corrected chi connectivity index (χ1v) is 4.99. The molecule has 0 atom stereocenters. The van der Waals surface area contributed by atoms with E-state index in [4.69, 9.17) is 5.11 Å². The molecule has 1 fully saturated rings. The number of hydrogen-bond donors (Lipinski definition) is 1. The predicted molar refractivity (Wildman–Crippen MR) is 50.9 cm³/mol. The molecule has 0 bridgehead atoms. The van der Waals surface area contributed by atoms with Crippen LogP contribution in [0.25, 0.3) is 0 Å². The van der Waals surface area contributed by atoms with Crippen LogP contribution in [0.4, 0.5) is 0 Å². The fourth-order valence-corrected chi connectivity index (χ4v) is 2.08. The smallest absolute Gasteiger partial charge is 0.306 e. The van der Waals surface area contributed by atoms with Gasteiger partial charge < -0.3 is 5.11 Å². The highest BCUT2D eigenvalue weighted by Crippen LogP contribution is 2.31. The predicted octanol–water partition coefficient (Wildman–Crippen LogP) is 1.70. The van der Waals surface area contributed by atoms with Gasteiger partial charge in [0.05, 0.1) is 12.0 Å². The zero-order valence-electron chi connectivity index (χ0n) is 7.97. The standard InChI is InChI=1S/C10H14N2O2/c13-10(14)8-2-4-9(5-3-8)12-7-1-6-11-12/h1,6-9H,2-5H2,(H,13,14)/t8-,9+. The Balaban J connectivity index is 1.93. The summed E-state index contributed by atoms with van der Waals surface area (Å²) in [5, 5.41) is 13.0. The molecule has 76 valence electrons. The van der Waals surface area contributed by atoms with E-state index in [1.807, 2.05) is 16.9 Å². The molecule has 1 aromatic heterocycles. The van der Waals surface area contributed by atoms with E-state index in [-0.39, 0.29) is 5.92 Å². The number of carboxylic acids is 1. The number of aliphatic carboxylic acids is 1. The molecule has 0 saturated heterocycles. The van der Waals surface area contributed by atoms with Crippen LogP contribution < -0.4 is 0 Å². The molecule has 0 aromatic carbocycles. The number of rotatable bonds is 2. The molecule has 4 nitrogen and oxygen atoms in total. The minimum atomic E-state index is -0.649. The Morgan fingerprint density at radius 1 is 1.36 bits per heavy atom. The normalized spacial score (nSPS) is 27.4. The molecular weight excluding hydrogens is 180 g/mol. The van der Waals surface area contributed by atoms with Gasteiger partial charge in [-0.05, 0) is 31.7 Å². The van der Waals surface area contributed by atoms with E-state index in [0.717, 1.165) is 25.7 Å². The lowest BCUT2D eigenvalue weighted by atomic mass is 9.86. The van der Waals surface area contributed by atoms with E-state index < -0.39 is 5.97 Å². The Labute approximate surface area is 82.5 Å². The van der Waals surface area contributed by atoms with E-state index in [1.54, 1.807) is 6.20 Å². The van der Waals surface area contributed by atoms with Crippen molar-refractivity contribution < 1.29 is 9.90 Å². The molecule has 14 heavy (non-hydrogen) atoms. The molecule has 0 unspecified atom stereocenters. The highest BCUT2D eigenvalue weighted by atomic mass is 16.4. The molecule has 0 spiro atoms. The van der Waals surface area contributed by atoms with Crippen molar-refractivity contribution in [3.63, 3.8) is 0 Å². The van der Waals surface area contributed by atoms with Crippen LogP contribution in [-0.4, -0.2) is 20.9 Å². The Morgan fingerprint density at radius 3 is 2.57 bits per heavy atom. The summed E-state index contributed by atoms with van der Waals surface area (Å²) in [5.74, 6) is -0.786. The lowest BCUT2D eigenvalue weighted by molar-refractivity contribution is -0.143. The molecule has 1 aromatic rings. The van der Waals surface area contributed by atoms with Crippen LogP contribution in [0, 0.1) is 5.92 Å². The number of nitrogens with zero attached hydrogens (tertiary/aromatic N) is 2. The summed E-state index contributed by atoms with van der Waals surface area (Å²) in [6, 6.07) is 2.31. The Kier molecular flexibility index (Phi) is 2.52. The highest BCUT2D eigenvalue weighted by Gasteiger charge is 2.26. The summed E-state index contributed by atoms with van der Waals surface area (Å²) < 4.78 is 1.94. The van der Waals surface area contributed by atoms with Gasteiger partial charge in [-0.2, -0.15) is 5.10 Å². The Hall–Kier alpha value is -1.32. The average molecular weight is 194 g/mol. The van der Waals surface area contributed by atoms with E-state index in [0.29, 0.717) is 6.04 Å². The highest BCUT2D eigenvalue weighted by molar-refractivity contribution is 5.69. The number of aromatic nitrogens is 2. The van der Waals surface area contributed by atoms with Gasteiger partial charge in [-0.1, -0.05) is 0 Å². The third-order valence-corrected chi connectivity index (χ3v) is 2.94. The van der Waals surface area contributed by atoms with Gasteiger partial charge in [0.25, 0.3) is 0 Å². The quantitative estimate of drug-likeness (QED) is 0.779. The van der Waals surface area contributed by atoms with Crippen molar-refractivity contribution in [3.8, 4) is 0 Å². The summed E-state index contributed by atoms with van der Waals surface area (Å²) in [6.45, 7) is 0. The van der Waals surface area contributed by atoms with Crippen molar-refractivity contribution in [2.45, 2.75) is 31.7 Å². The molecule has 0 amide bonds. The molecule has 2 rings (SSSR count). The Morgan fingerprint density at radius 2 is 2.07 bits per heavy atom. The van der Waals surface area contributed by atoms with Crippen molar-refractivity contribution in [1.29, 1.82) is 0 Å². The first kappa shape index (κ1) is 9.24. The fourth-order valence-electron chi connectivity index (χ4n) is 2.08. The first-order chi connectivity index (χ1) is 6.77.